The number of nitrogens with zero attached hydrogens (tertiary/aromatic N) is 4. The number of rotatable bonds is 5. The summed E-state index contributed by atoms with van der Waals surface area (Å²) in [6, 6.07) is 15.6. The van der Waals surface area contributed by atoms with Gasteiger partial charge in [-0.25, -0.2) is 9.67 Å². The molecule has 0 amide bonds. The highest BCUT2D eigenvalue weighted by atomic mass is 16.5. The van der Waals surface area contributed by atoms with E-state index in [4.69, 9.17) is 4.74 Å². The molecule has 0 spiro atoms. The first kappa shape index (κ1) is 19.7. The lowest BCUT2D eigenvalue weighted by Gasteiger charge is -2.24. The average Bonchev–Trinajstić information content (AvgIpc) is 3.50. The SMILES string of the molecule is Cc1cccc(C(c2cccc(-c3cnnn3C3CCOCC3)c2)c2cnc[nH]2)c1C. The monoisotopic (exact) mass is 413 g/mol. The lowest BCUT2D eigenvalue weighted by Crippen LogP contribution is -2.21. The molecule has 4 aromatic rings. The fourth-order valence-corrected chi connectivity index (χ4v) is 4.56. The molecule has 6 nitrogen and oxygen atoms in total. The van der Waals surface area contributed by atoms with Crippen LogP contribution in [-0.2, 0) is 4.74 Å². The van der Waals surface area contributed by atoms with Crippen molar-refractivity contribution in [3.8, 4) is 11.3 Å². The van der Waals surface area contributed by atoms with E-state index < -0.39 is 0 Å². The molecule has 0 radical (unpaired) electrons. The van der Waals surface area contributed by atoms with Crippen LogP contribution >= 0.6 is 0 Å². The second-order valence-corrected chi connectivity index (χ2v) is 8.26. The van der Waals surface area contributed by atoms with Crippen LogP contribution < -0.4 is 0 Å². The van der Waals surface area contributed by atoms with Crippen LogP contribution in [0.25, 0.3) is 11.3 Å². The molecule has 0 aliphatic carbocycles. The molecule has 1 N–H and O–H groups in total. The normalized spacial score (nSPS) is 15.8. The zero-order valence-corrected chi connectivity index (χ0v) is 18.0. The third kappa shape index (κ3) is 3.79. The van der Waals surface area contributed by atoms with Crippen molar-refractivity contribution in [3.63, 3.8) is 0 Å². The minimum absolute atomic E-state index is 0.0785. The molecule has 1 aliphatic heterocycles. The zero-order chi connectivity index (χ0) is 21.2. The van der Waals surface area contributed by atoms with Gasteiger partial charge in [0, 0.05) is 30.7 Å². The Hall–Kier alpha value is -3.25. The summed E-state index contributed by atoms with van der Waals surface area (Å²) in [5.74, 6) is 0.0785. The van der Waals surface area contributed by atoms with E-state index in [1.807, 2.05) is 12.4 Å². The number of benzene rings is 2. The molecule has 1 aliphatic rings. The standard InChI is InChI=1S/C25H27N5O/c1-17-5-3-8-22(18(17)2)25(23-14-26-16-27-23)20-7-4-6-19(13-20)24-15-28-29-30(24)21-9-11-31-12-10-21/h3-8,13-16,21,25H,9-12H2,1-2H3,(H,26,27). The fraction of sp³-hybridized carbons (Fsp3) is 0.320. The number of aromatic nitrogens is 5. The number of imidazole rings is 1. The van der Waals surface area contributed by atoms with Gasteiger partial charge < -0.3 is 9.72 Å². The lowest BCUT2D eigenvalue weighted by molar-refractivity contribution is 0.0662. The first-order valence-electron chi connectivity index (χ1n) is 10.8. The number of hydrogen-bond donors (Lipinski definition) is 1. The number of aromatic amines is 1. The van der Waals surface area contributed by atoms with Crippen LogP contribution in [0.5, 0.6) is 0 Å². The van der Waals surface area contributed by atoms with Crippen LogP contribution in [0.15, 0.2) is 61.2 Å². The quantitative estimate of drug-likeness (QED) is 0.509. The minimum atomic E-state index is 0.0785. The van der Waals surface area contributed by atoms with Crippen LogP contribution in [0, 0.1) is 13.8 Å². The second-order valence-electron chi connectivity index (χ2n) is 8.26. The van der Waals surface area contributed by atoms with Gasteiger partial charge in [0.05, 0.1) is 30.2 Å². The number of nitrogens with one attached hydrogen (secondary N) is 1. The predicted octanol–water partition coefficient (Wildman–Crippen LogP) is 4.82. The third-order valence-electron chi connectivity index (χ3n) is 6.42. The summed E-state index contributed by atoms with van der Waals surface area (Å²) in [6.07, 6.45) is 7.48. The highest BCUT2D eigenvalue weighted by molar-refractivity contribution is 5.61. The summed E-state index contributed by atoms with van der Waals surface area (Å²) in [5, 5.41) is 8.66. The average molecular weight is 414 g/mol. The lowest BCUT2D eigenvalue weighted by atomic mass is 9.84. The van der Waals surface area contributed by atoms with E-state index >= 15 is 0 Å². The largest absolute Gasteiger partial charge is 0.381 e. The molecule has 1 unspecified atom stereocenters. The summed E-state index contributed by atoms with van der Waals surface area (Å²) < 4.78 is 7.61. The molecule has 1 saturated heterocycles. The Kier molecular flexibility index (Phi) is 5.38. The molecule has 2 aromatic carbocycles. The van der Waals surface area contributed by atoms with Crippen LogP contribution in [0.2, 0.25) is 0 Å². The second kappa shape index (κ2) is 8.47. The Balaban J connectivity index is 1.59. The molecule has 3 heterocycles. The van der Waals surface area contributed by atoms with Gasteiger partial charge in [0.25, 0.3) is 0 Å². The fourth-order valence-electron chi connectivity index (χ4n) is 4.56. The summed E-state index contributed by atoms with van der Waals surface area (Å²) in [4.78, 5) is 7.65. The van der Waals surface area contributed by atoms with Gasteiger partial charge >= 0.3 is 0 Å². The van der Waals surface area contributed by atoms with Crippen molar-refractivity contribution in [1.29, 1.82) is 0 Å². The molecule has 2 aromatic heterocycles. The van der Waals surface area contributed by atoms with Crippen molar-refractivity contribution in [2.45, 2.75) is 38.6 Å². The van der Waals surface area contributed by atoms with Gasteiger partial charge in [0.15, 0.2) is 0 Å². The number of ether oxygens (including phenoxy) is 1. The maximum absolute atomic E-state index is 5.53. The van der Waals surface area contributed by atoms with Crippen molar-refractivity contribution in [2.75, 3.05) is 13.2 Å². The van der Waals surface area contributed by atoms with Crippen LogP contribution in [-0.4, -0.2) is 38.2 Å². The van der Waals surface area contributed by atoms with Crippen molar-refractivity contribution in [2.24, 2.45) is 0 Å². The molecule has 0 saturated carbocycles. The number of H-pyrrole nitrogens is 1. The summed E-state index contributed by atoms with van der Waals surface area (Å²) >= 11 is 0. The van der Waals surface area contributed by atoms with Crippen molar-refractivity contribution in [1.82, 2.24) is 25.0 Å². The molecule has 158 valence electrons. The summed E-state index contributed by atoms with van der Waals surface area (Å²) in [7, 11) is 0. The van der Waals surface area contributed by atoms with Gasteiger partial charge in [0.1, 0.15) is 0 Å². The third-order valence-corrected chi connectivity index (χ3v) is 6.42. The maximum Gasteiger partial charge on any atom is 0.0922 e. The van der Waals surface area contributed by atoms with Gasteiger partial charge in [-0.05, 0) is 55.0 Å². The van der Waals surface area contributed by atoms with E-state index in [1.54, 1.807) is 6.33 Å². The van der Waals surface area contributed by atoms with E-state index in [9.17, 15) is 0 Å². The van der Waals surface area contributed by atoms with E-state index in [0.29, 0.717) is 6.04 Å². The van der Waals surface area contributed by atoms with E-state index in [0.717, 1.165) is 43.0 Å². The van der Waals surface area contributed by atoms with Gasteiger partial charge in [-0.2, -0.15) is 0 Å². The Morgan fingerprint density at radius 3 is 2.71 bits per heavy atom. The molecule has 6 heteroatoms. The molecular formula is C25H27N5O. The Bertz CT molecular complexity index is 1160. The van der Waals surface area contributed by atoms with Gasteiger partial charge in [0.2, 0.25) is 0 Å². The first-order valence-corrected chi connectivity index (χ1v) is 10.8. The van der Waals surface area contributed by atoms with Gasteiger partial charge in [-0.3, -0.25) is 0 Å². The van der Waals surface area contributed by atoms with Crippen LogP contribution in [0.3, 0.4) is 0 Å². The topological polar surface area (TPSA) is 68.6 Å². The van der Waals surface area contributed by atoms with Crippen LogP contribution in [0.4, 0.5) is 0 Å². The minimum Gasteiger partial charge on any atom is -0.381 e. The molecular weight excluding hydrogens is 386 g/mol. The molecule has 0 bridgehead atoms. The Labute approximate surface area is 182 Å². The zero-order valence-electron chi connectivity index (χ0n) is 18.0. The first-order chi connectivity index (χ1) is 15.2. The number of aryl methyl sites for hydroxylation is 1. The van der Waals surface area contributed by atoms with Crippen LogP contribution in [0.1, 0.15) is 52.7 Å². The van der Waals surface area contributed by atoms with E-state index in [1.165, 1.54) is 22.3 Å². The van der Waals surface area contributed by atoms with E-state index in [-0.39, 0.29) is 5.92 Å². The van der Waals surface area contributed by atoms with Crippen molar-refractivity contribution in [3.05, 3.63) is 89.1 Å². The van der Waals surface area contributed by atoms with Gasteiger partial charge in [-0.1, -0.05) is 41.6 Å². The Morgan fingerprint density at radius 2 is 1.90 bits per heavy atom. The van der Waals surface area contributed by atoms with Crippen molar-refractivity contribution >= 4 is 0 Å². The summed E-state index contributed by atoms with van der Waals surface area (Å²) in [6.45, 7) is 5.91. The van der Waals surface area contributed by atoms with E-state index in [2.05, 4.69) is 81.3 Å². The Morgan fingerprint density at radius 1 is 1.06 bits per heavy atom. The highest BCUT2D eigenvalue weighted by Crippen LogP contribution is 2.36. The number of hydrogen-bond acceptors (Lipinski definition) is 4. The van der Waals surface area contributed by atoms with Gasteiger partial charge in [-0.15, -0.1) is 5.10 Å². The molecule has 1 atom stereocenters. The molecule has 1 fully saturated rings. The summed E-state index contributed by atoms with van der Waals surface area (Å²) in [5.41, 5.74) is 8.37. The maximum atomic E-state index is 5.53. The van der Waals surface area contributed by atoms with Crippen molar-refractivity contribution < 1.29 is 4.74 Å². The highest BCUT2D eigenvalue weighted by Gasteiger charge is 2.23. The smallest absolute Gasteiger partial charge is 0.0922 e. The molecule has 5 rings (SSSR count). The molecule has 31 heavy (non-hydrogen) atoms. The predicted molar refractivity (Wildman–Crippen MR) is 120 cm³/mol.